The van der Waals surface area contributed by atoms with Crippen LogP contribution in [-0.4, -0.2) is 41.1 Å². The maximum atomic E-state index is 5.69. The summed E-state index contributed by atoms with van der Waals surface area (Å²) in [7, 11) is 0. The maximum Gasteiger partial charge on any atom is 0.126 e. The second kappa shape index (κ2) is 6.99. The van der Waals surface area contributed by atoms with Crippen LogP contribution >= 0.6 is 12.2 Å². The fourth-order valence-electron chi connectivity index (χ4n) is 2.66. The van der Waals surface area contributed by atoms with Crippen molar-refractivity contribution in [2.45, 2.75) is 26.7 Å². The van der Waals surface area contributed by atoms with Crippen LogP contribution < -0.4 is 11.1 Å². The molecule has 0 aliphatic carbocycles. The molecule has 110 valence electrons. The van der Waals surface area contributed by atoms with Gasteiger partial charge in [-0.15, -0.1) is 0 Å². The summed E-state index contributed by atoms with van der Waals surface area (Å²) in [5, 5.41) is 3.44. The maximum absolute atomic E-state index is 5.69. The number of likely N-dealkylation sites (tertiary alicyclic amines) is 1. The molecule has 0 spiro atoms. The predicted octanol–water partition coefficient (Wildman–Crippen LogP) is 2.17. The SMILES string of the molecule is CCN1CCC(CNc2cc(C(N)=S)cc(C)n2)CC1. The van der Waals surface area contributed by atoms with Gasteiger partial charge in [0.25, 0.3) is 0 Å². The normalized spacial score (nSPS) is 17.1. The number of pyridine rings is 1. The van der Waals surface area contributed by atoms with Gasteiger partial charge in [-0.3, -0.25) is 0 Å². The van der Waals surface area contributed by atoms with Crippen molar-refractivity contribution >= 4 is 23.0 Å². The van der Waals surface area contributed by atoms with Gasteiger partial charge in [-0.2, -0.15) is 0 Å². The molecule has 4 nitrogen and oxygen atoms in total. The summed E-state index contributed by atoms with van der Waals surface area (Å²) in [5.74, 6) is 1.61. The molecule has 0 unspecified atom stereocenters. The van der Waals surface area contributed by atoms with E-state index in [0.29, 0.717) is 4.99 Å². The first kappa shape index (κ1) is 15.2. The van der Waals surface area contributed by atoms with Gasteiger partial charge in [-0.1, -0.05) is 19.1 Å². The first-order chi connectivity index (χ1) is 9.58. The third kappa shape index (κ3) is 4.15. The van der Waals surface area contributed by atoms with Crippen molar-refractivity contribution in [2.24, 2.45) is 11.7 Å². The highest BCUT2D eigenvalue weighted by atomic mass is 32.1. The summed E-state index contributed by atoms with van der Waals surface area (Å²) >= 11 is 5.03. The summed E-state index contributed by atoms with van der Waals surface area (Å²) in [5.41, 5.74) is 7.52. The van der Waals surface area contributed by atoms with Crippen LogP contribution in [0.2, 0.25) is 0 Å². The Bertz CT molecular complexity index is 467. The Morgan fingerprint density at radius 3 is 2.75 bits per heavy atom. The van der Waals surface area contributed by atoms with Gasteiger partial charge in [0.1, 0.15) is 10.8 Å². The Kier molecular flexibility index (Phi) is 5.31. The van der Waals surface area contributed by atoms with Crippen LogP contribution in [0.3, 0.4) is 0 Å². The largest absolute Gasteiger partial charge is 0.389 e. The van der Waals surface area contributed by atoms with Crippen molar-refractivity contribution in [3.63, 3.8) is 0 Å². The van der Waals surface area contributed by atoms with E-state index in [1.54, 1.807) is 0 Å². The van der Waals surface area contributed by atoms with E-state index in [0.717, 1.165) is 36.1 Å². The standard InChI is InChI=1S/C15H24N4S/c1-3-19-6-4-12(5-7-19)10-17-14-9-13(15(16)20)8-11(2)18-14/h8-9,12H,3-7,10H2,1-2H3,(H2,16,20)(H,17,18). The molecule has 0 atom stereocenters. The lowest BCUT2D eigenvalue weighted by Crippen LogP contribution is -2.35. The van der Waals surface area contributed by atoms with Crippen LogP contribution in [0.5, 0.6) is 0 Å². The zero-order valence-corrected chi connectivity index (χ0v) is 13.2. The van der Waals surface area contributed by atoms with Crippen LogP contribution in [-0.2, 0) is 0 Å². The molecule has 1 fully saturated rings. The number of anilines is 1. The van der Waals surface area contributed by atoms with Gasteiger partial charge >= 0.3 is 0 Å². The minimum absolute atomic E-state index is 0.426. The Balaban J connectivity index is 1.89. The molecule has 2 heterocycles. The Morgan fingerprint density at radius 2 is 2.15 bits per heavy atom. The number of nitrogens with zero attached hydrogens (tertiary/aromatic N) is 2. The van der Waals surface area contributed by atoms with Crippen molar-refractivity contribution in [1.82, 2.24) is 9.88 Å². The zero-order chi connectivity index (χ0) is 14.5. The van der Waals surface area contributed by atoms with Gasteiger partial charge in [0.05, 0.1) is 0 Å². The monoisotopic (exact) mass is 292 g/mol. The summed E-state index contributed by atoms with van der Waals surface area (Å²) < 4.78 is 0. The predicted molar refractivity (Wildman–Crippen MR) is 88.2 cm³/mol. The number of thiocarbonyl (C=S) groups is 1. The van der Waals surface area contributed by atoms with E-state index in [4.69, 9.17) is 18.0 Å². The van der Waals surface area contributed by atoms with Crippen molar-refractivity contribution < 1.29 is 0 Å². The number of aryl methyl sites for hydroxylation is 1. The lowest BCUT2D eigenvalue weighted by Gasteiger charge is -2.31. The van der Waals surface area contributed by atoms with Crippen LogP contribution in [0.1, 0.15) is 31.0 Å². The number of hydrogen-bond acceptors (Lipinski definition) is 4. The summed E-state index contributed by atoms with van der Waals surface area (Å²) in [6.45, 7) is 8.76. The molecule has 0 bridgehead atoms. The van der Waals surface area contributed by atoms with E-state index in [2.05, 4.69) is 22.1 Å². The van der Waals surface area contributed by atoms with Gasteiger partial charge in [0, 0.05) is 17.8 Å². The molecule has 1 saturated heterocycles. The van der Waals surface area contributed by atoms with Gasteiger partial charge in [-0.05, 0) is 57.5 Å². The summed E-state index contributed by atoms with van der Waals surface area (Å²) in [6.07, 6.45) is 2.52. The molecule has 1 aliphatic heterocycles. The first-order valence-electron chi connectivity index (χ1n) is 7.33. The Labute approximate surface area is 126 Å². The fourth-order valence-corrected chi connectivity index (χ4v) is 2.77. The van der Waals surface area contributed by atoms with E-state index in [9.17, 15) is 0 Å². The van der Waals surface area contributed by atoms with E-state index < -0.39 is 0 Å². The number of aromatic nitrogens is 1. The molecule has 5 heteroatoms. The minimum Gasteiger partial charge on any atom is -0.389 e. The van der Waals surface area contributed by atoms with Crippen molar-refractivity contribution in [1.29, 1.82) is 0 Å². The highest BCUT2D eigenvalue weighted by Crippen LogP contribution is 2.18. The molecular formula is C15H24N4S. The quantitative estimate of drug-likeness (QED) is 0.815. The molecule has 2 rings (SSSR count). The van der Waals surface area contributed by atoms with Gasteiger partial charge in [0.15, 0.2) is 0 Å². The Morgan fingerprint density at radius 1 is 1.45 bits per heavy atom. The van der Waals surface area contributed by atoms with Crippen molar-refractivity contribution in [2.75, 3.05) is 31.5 Å². The van der Waals surface area contributed by atoms with Crippen LogP contribution in [0.4, 0.5) is 5.82 Å². The number of rotatable bonds is 5. The van der Waals surface area contributed by atoms with Crippen molar-refractivity contribution in [3.8, 4) is 0 Å². The zero-order valence-electron chi connectivity index (χ0n) is 12.4. The molecule has 3 N–H and O–H groups in total. The van der Waals surface area contributed by atoms with Crippen LogP contribution in [0.15, 0.2) is 12.1 Å². The topological polar surface area (TPSA) is 54.2 Å². The second-order valence-corrected chi connectivity index (χ2v) is 5.95. The van der Waals surface area contributed by atoms with Gasteiger partial charge < -0.3 is 16.0 Å². The second-order valence-electron chi connectivity index (χ2n) is 5.51. The van der Waals surface area contributed by atoms with Gasteiger partial charge in [0.2, 0.25) is 0 Å². The Hall–Kier alpha value is -1.20. The highest BCUT2D eigenvalue weighted by molar-refractivity contribution is 7.80. The third-order valence-electron chi connectivity index (χ3n) is 3.96. The molecule has 1 aromatic heterocycles. The number of nitrogens with two attached hydrogens (primary N) is 1. The fraction of sp³-hybridized carbons (Fsp3) is 0.600. The van der Waals surface area contributed by atoms with E-state index >= 15 is 0 Å². The smallest absolute Gasteiger partial charge is 0.126 e. The number of hydrogen-bond donors (Lipinski definition) is 2. The molecule has 0 saturated carbocycles. The third-order valence-corrected chi connectivity index (χ3v) is 4.20. The van der Waals surface area contributed by atoms with E-state index in [1.807, 2.05) is 19.1 Å². The number of piperidine rings is 1. The minimum atomic E-state index is 0.426. The molecule has 0 radical (unpaired) electrons. The molecule has 1 aromatic rings. The lowest BCUT2D eigenvalue weighted by atomic mass is 9.97. The average molecular weight is 292 g/mol. The summed E-state index contributed by atoms with van der Waals surface area (Å²) in [6, 6.07) is 3.86. The average Bonchev–Trinajstić information content (AvgIpc) is 2.45. The molecular weight excluding hydrogens is 268 g/mol. The van der Waals surface area contributed by atoms with E-state index in [1.165, 1.54) is 25.9 Å². The van der Waals surface area contributed by atoms with E-state index in [-0.39, 0.29) is 0 Å². The summed E-state index contributed by atoms with van der Waals surface area (Å²) in [4.78, 5) is 7.43. The van der Waals surface area contributed by atoms with Crippen molar-refractivity contribution in [3.05, 3.63) is 23.4 Å². The lowest BCUT2D eigenvalue weighted by molar-refractivity contribution is 0.198. The highest BCUT2D eigenvalue weighted by Gasteiger charge is 2.17. The van der Waals surface area contributed by atoms with Crippen LogP contribution in [0.25, 0.3) is 0 Å². The molecule has 1 aliphatic rings. The molecule has 0 amide bonds. The van der Waals surface area contributed by atoms with Crippen LogP contribution in [0, 0.1) is 12.8 Å². The molecule has 20 heavy (non-hydrogen) atoms. The van der Waals surface area contributed by atoms with Gasteiger partial charge in [-0.25, -0.2) is 4.98 Å². The number of nitrogens with one attached hydrogen (secondary N) is 1. The first-order valence-corrected chi connectivity index (χ1v) is 7.74. The molecule has 0 aromatic carbocycles.